The van der Waals surface area contributed by atoms with E-state index in [1.165, 1.54) is 11.3 Å². The number of pyridine rings is 1. The molecule has 0 fully saturated rings. The monoisotopic (exact) mass is 348 g/mol. The molecule has 0 aliphatic heterocycles. The smallest absolute Gasteiger partial charge is 0.271 e. The quantitative estimate of drug-likeness (QED) is 0.868. The molecule has 0 spiro atoms. The van der Waals surface area contributed by atoms with Gasteiger partial charge in [-0.1, -0.05) is 6.07 Å². The highest BCUT2D eigenvalue weighted by molar-refractivity contribution is 7.09. The minimum atomic E-state index is -0.170. The predicted molar refractivity (Wildman–Crippen MR) is 89.5 cm³/mol. The lowest BCUT2D eigenvalue weighted by atomic mass is 10.1. The van der Waals surface area contributed by atoms with Crippen LogP contribution in [-0.2, 0) is 6.42 Å². The maximum atomic E-state index is 12.0. The highest BCUT2D eigenvalue weighted by Gasteiger charge is 2.14. The Balaban J connectivity index is 0.00000200. The first-order valence-corrected chi connectivity index (χ1v) is 6.94. The lowest BCUT2D eigenvalue weighted by molar-refractivity contribution is 0.0935. The number of amides is 1. The van der Waals surface area contributed by atoms with Gasteiger partial charge in [-0.15, -0.1) is 36.2 Å². The van der Waals surface area contributed by atoms with Crippen molar-refractivity contribution >= 4 is 42.1 Å². The molecule has 8 heteroatoms. The summed E-state index contributed by atoms with van der Waals surface area (Å²) in [4.78, 5) is 20.3. The molecule has 1 amide bonds. The number of carbonyl (C=O) groups is 1. The number of carbonyl (C=O) groups excluding carboxylic acids is 1. The van der Waals surface area contributed by atoms with Crippen molar-refractivity contribution in [2.75, 3.05) is 6.54 Å². The van der Waals surface area contributed by atoms with Crippen LogP contribution in [0.15, 0.2) is 29.9 Å². The SMILES string of the molecule is C[C@H](NC(=O)c1csc(CCN)n1)c1cccnc1.Cl.Cl. The number of nitrogens with two attached hydrogens (primary N) is 1. The lowest BCUT2D eigenvalue weighted by Crippen LogP contribution is -2.27. The fraction of sp³-hybridized carbons (Fsp3) is 0.308. The van der Waals surface area contributed by atoms with Crippen molar-refractivity contribution in [3.8, 4) is 0 Å². The van der Waals surface area contributed by atoms with Crippen LogP contribution in [0.3, 0.4) is 0 Å². The fourth-order valence-electron chi connectivity index (χ4n) is 1.64. The molecule has 0 radical (unpaired) electrons. The molecule has 2 aromatic heterocycles. The van der Waals surface area contributed by atoms with Gasteiger partial charge in [0.2, 0.25) is 0 Å². The molecule has 1 atom stereocenters. The maximum Gasteiger partial charge on any atom is 0.271 e. The Morgan fingerprint density at radius 2 is 2.24 bits per heavy atom. The summed E-state index contributed by atoms with van der Waals surface area (Å²) in [6.07, 6.45) is 4.15. The van der Waals surface area contributed by atoms with Gasteiger partial charge in [-0.25, -0.2) is 4.98 Å². The zero-order valence-corrected chi connectivity index (χ0v) is 13.9. The third-order valence-corrected chi connectivity index (χ3v) is 3.58. The van der Waals surface area contributed by atoms with Crippen molar-refractivity contribution in [1.29, 1.82) is 0 Å². The molecular formula is C13H18Cl2N4OS. The van der Waals surface area contributed by atoms with Crippen LogP contribution in [0.25, 0.3) is 0 Å². The van der Waals surface area contributed by atoms with E-state index in [-0.39, 0.29) is 36.8 Å². The first-order chi connectivity index (χ1) is 9.20. The number of nitrogens with zero attached hydrogens (tertiary/aromatic N) is 2. The van der Waals surface area contributed by atoms with Gasteiger partial charge >= 0.3 is 0 Å². The Morgan fingerprint density at radius 1 is 1.48 bits per heavy atom. The second kappa shape index (κ2) is 9.68. The topological polar surface area (TPSA) is 80.9 Å². The van der Waals surface area contributed by atoms with Gasteiger partial charge in [0, 0.05) is 24.2 Å². The molecule has 0 aliphatic rings. The fourth-order valence-corrected chi connectivity index (χ4v) is 2.43. The minimum absolute atomic E-state index is 0. The summed E-state index contributed by atoms with van der Waals surface area (Å²) in [5, 5.41) is 5.55. The summed E-state index contributed by atoms with van der Waals surface area (Å²) in [6.45, 7) is 2.46. The molecule has 2 rings (SSSR count). The molecule has 21 heavy (non-hydrogen) atoms. The van der Waals surface area contributed by atoms with Gasteiger partial charge in [-0.2, -0.15) is 0 Å². The molecule has 2 heterocycles. The van der Waals surface area contributed by atoms with E-state index in [2.05, 4.69) is 15.3 Å². The molecule has 0 bridgehead atoms. The second-order valence-electron chi connectivity index (χ2n) is 4.15. The number of hydrogen-bond donors (Lipinski definition) is 2. The summed E-state index contributed by atoms with van der Waals surface area (Å²) < 4.78 is 0. The van der Waals surface area contributed by atoms with Gasteiger partial charge in [0.15, 0.2) is 0 Å². The normalized spacial score (nSPS) is 11.0. The van der Waals surface area contributed by atoms with Crippen LogP contribution in [0, 0.1) is 0 Å². The van der Waals surface area contributed by atoms with Crippen molar-refractivity contribution in [1.82, 2.24) is 15.3 Å². The number of rotatable bonds is 5. The Morgan fingerprint density at radius 3 is 2.86 bits per heavy atom. The van der Waals surface area contributed by atoms with E-state index in [9.17, 15) is 4.79 Å². The summed E-state index contributed by atoms with van der Waals surface area (Å²) in [5.74, 6) is -0.170. The first-order valence-electron chi connectivity index (χ1n) is 6.06. The molecular weight excluding hydrogens is 331 g/mol. The van der Waals surface area contributed by atoms with Crippen LogP contribution in [0.4, 0.5) is 0 Å². The molecule has 116 valence electrons. The van der Waals surface area contributed by atoms with E-state index < -0.39 is 0 Å². The van der Waals surface area contributed by atoms with Gasteiger partial charge in [0.1, 0.15) is 5.69 Å². The van der Waals surface area contributed by atoms with E-state index in [4.69, 9.17) is 5.73 Å². The Labute approximate surface area is 140 Å². The summed E-state index contributed by atoms with van der Waals surface area (Å²) in [7, 11) is 0. The standard InChI is InChI=1S/C13H16N4OS.2ClH/c1-9(10-3-2-6-15-7-10)16-13(18)11-8-19-12(17-11)4-5-14;;/h2-3,6-9H,4-5,14H2,1H3,(H,16,18);2*1H/t9-;;/m0../s1. The largest absolute Gasteiger partial charge is 0.344 e. The highest BCUT2D eigenvalue weighted by Crippen LogP contribution is 2.13. The molecule has 0 aromatic carbocycles. The average molecular weight is 349 g/mol. The number of halogens is 2. The highest BCUT2D eigenvalue weighted by atomic mass is 35.5. The van der Waals surface area contributed by atoms with Crippen LogP contribution in [0.5, 0.6) is 0 Å². The molecule has 0 saturated carbocycles. The number of nitrogens with one attached hydrogen (secondary N) is 1. The van der Waals surface area contributed by atoms with Crippen molar-refractivity contribution in [3.63, 3.8) is 0 Å². The van der Waals surface area contributed by atoms with Crippen LogP contribution < -0.4 is 11.1 Å². The molecule has 5 nitrogen and oxygen atoms in total. The second-order valence-corrected chi connectivity index (χ2v) is 5.09. The van der Waals surface area contributed by atoms with Crippen molar-refractivity contribution in [2.45, 2.75) is 19.4 Å². The number of hydrogen-bond acceptors (Lipinski definition) is 5. The third kappa shape index (κ3) is 5.59. The van der Waals surface area contributed by atoms with E-state index in [0.29, 0.717) is 18.7 Å². The molecule has 0 unspecified atom stereocenters. The van der Waals surface area contributed by atoms with Crippen molar-refractivity contribution in [3.05, 3.63) is 46.2 Å². The van der Waals surface area contributed by atoms with Gasteiger partial charge in [-0.3, -0.25) is 9.78 Å². The minimum Gasteiger partial charge on any atom is -0.344 e. The third-order valence-electron chi connectivity index (χ3n) is 2.67. The van der Waals surface area contributed by atoms with Gasteiger partial charge in [0.25, 0.3) is 5.91 Å². The molecule has 2 aromatic rings. The average Bonchev–Trinajstić information content (AvgIpc) is 2.89. The molecule has 0 saturated heterocycles. The van der Waals surface area contributed by atoms with Gasteiger partial charge in [0.05, 0.1) is 11.0 Å². The number of aromatic nitrogens is 2. The zero-order chi connectivity index (χ0) is 13.7. The maximum absolute atomic E-state index is 12.0. The zero-order valence-electron chi connectivity index (χ0n) is 11.5. The van der Waals surface area contributed by atoms with E-state index in [1.54, 1.807) is 17.8 Å². The lowest BCUT2D eigenvalue weighted by Gasteiger charge is -2.12. The molecule has 0 aliphatic carbocycles. The van der Waals surface area contributed by atoms with Crippen molar-refractivity contribution < 1.29 is 4.79 Å². The Hall–Kier alpha value is -1.21. The Kier molecular flexibility index (Phi) is 9.12. The van der Waals surface area contributed by atoms with E-state index >= 15 is 0 Å². The summed E-state index contributed by atoms with van der Waals surface area (Å²) in [5.41, 5.74) is 6.88. The van der Waals surface area contributed by atoms with Gasteiger partial charge < -0.3 is 11.1 Å². The first kappa shape index (κ1) is 19.8. The number of thiazole rings is 1. The predicted octanol–water partition coefficient (Wildman–Crippen LogP) is 2.37. The van der Waals surface area contributed by atoms with Crippen LogP contribution in [0.2, 0.25) is 0 Å². The van der Waals surface area contributed by atoms with Crippen molar-refractivity contribution in [2.24, 2.45) is 5.73 Å². The molecule has 3 N–H and O–H groups in total. The summed E-state index contributed by atoms with van der Waals surface area (Å²) >= 11 is 1.46. The summed E-state index contributed by atoms with van der Waals surface area (Å²) in [6, 6.07) is 3.68. The van der Waals surface area contributed by atoms with Gasteiger partial charge in [-0.05, 0) is 25.1 Å². The van der Waals surface area contributed by atoms with Crippen LogP contribution in [0.1, 0.15) is 34.0 Å². The van der Waals surface area contributed by atoms with E-state index in [0.717, 1.165) is 10.6 Å². The van der Waals surface area contributed by atoms with Crippen LogP contribution in [-0.4, -0.2) is 22.4 Å². The van der Waals surface area contributed by atoms with Crippen LogP contribution >= 0.6 is 36.2 Å². The van der Waals surface area contributed by atoms with E-state index in [1.807, 2.05) is 19.1 Å². The Bertz CT molecular complexity index is 550.